The summed E-state index contributed by atoms with van der Waals surface area (Å²) in [6, 6.07) is 12.7. The molecule has 3 heteroatoms. The van der Waals surface area contributed by atoms with E-state index in [9.17, 15) is 0 Å². The monoisotopic (exact) mass is 400 g/mol. The summed E-state index contributed by atoms with van der Waals surface area (Å²) in [5, 5.41) is 0.706. The molecule has 0 spiro atoms. The molecule has 0 aliphatic rings. The molecule has 0 saturated carbocycles. The Morgan fingerprint density at radius 2 is 1.47 bits per heavy atom. The van der Waals surface area contributed by atoms with E-state index in [-0.39, 0.29) is 5.41 Å². The highest BCUT2D eigenvalue weighted by molar-refractivity contribution is 9.11. The van der Waals surface area contributed by atoms with E-state index in [1.807, 2.05) is 6.07 Å². The Morgan fingerprint density at radius 3 is 2.00 bits per heavy atom. The first-order chi connectivity index (χ1) is 8.80. The summed E-state index contributed by atoms with van der Waals surface area (Å²) >= 11 is 13.2. The molecule has 2 rings (SSSR count). The van der Waals surface area contributed by atoms with Crippen LogP contribution >= 0.6 is 43.5 Å². The van der Waals surface area contributed by atoms with Gasteiger partial charge in [-0.15, -0.1) is 0 Å². The van der Waals surface area contributed by atoms with Crippen molar-refractivity contribution in [1.82, 2.24) is 0 Å². The maximum absolute atomic E-state index is 6.24. The van der Waals surface area contributed by atoms with Gasteiger partial charge in [0.1, 0.15) is 0 Å². The molecule has 0 aliphatic carbocycles. The summed E-state index contributed by atoms with van der Waals surface area (Å²) in [6.07, 6.45) is 0. The second-order valence-corrected chi connectivity index (χ2v) is 7.58. The highest BCUT2D eigenvalue weighted by Crippen LogP contribution is 2.38. The molecule has 0 radical (unpaired) electrons. The fraction of sp³-hybridized carbons (Fsp3) is 0.250. The minimum atomic E-state index is 0.174. The predicted molar refractivity (Wildman–Crippen MR) is 91.0 cm³/mol. The summed E-state index contributed by atoms with van der Waals surface area (Å²) < 4.78 is 1.82. The number of rotatable bonds is 1. The fourth-order valence-corrected chi connectivity index (χ4v) is 3.23. The highest BCUT2D eigenvalue weighted by Gasteiger charge is 2.14. The van der Waals surface area contributed by atoms with E-state index in [2.05, 4.69) is 83.0 Å². The van der Waals surface area contributed by atoms with Gasteiger partial charge in [-0.3, -0.25) is 0 Å². The number of benzene rings is 2. The molecule has 0 nitrogen and oxygen atoms in total. The lowest BCUT2D eigenvalue weighted by Gasteiger charge is -2.19. The summed E-state index contributed by atoms with van der Waals surface area (Å²) in [5.41, 5.74) is 3.77. The van der Waals surface area contributed by atoms with Crippen molar-refractivity contribution in [3.8, 4) is 11.1 Å². The number of halogens is 3. The van der Waals surface area contributed by atoms with Crippen LogP contribution in [0.25, 0.3) is 11.1 Å². The minimum Gasteiger partial charge on any atom is -0.0818 e. The molecule has 0 bridgehead atoms. The minimum absolute atomic E-state index is 0.174. The molecule has 0 amide bonds. The van der Waals surface area contributed by atoms with Crippen LogP contribution < -0.4 is 0 Å². The van der Waals surface area contributed by atoms with E-state index in [4.69, 9.17) is 11.6 Å². The molecule has 2 aromatic rings. The maximum atomic E-state index is 6.24. The zero-order valence-corrected chi connectivity index (χ0v) is 15.0. The Morgan fingerprint density at radius 1 is 0.895 bits per heavy atom. The van der Waals surface area contributed by atoms with Crippen LogP contribution in [0.3, 0.4) is 0 Å². The average Bonchev–Trinajstić information content (AvgIpc) is 2.35. The van der Waals surface area contributed by atoms with Gasteiger partial charge in [-0.1, -0.05) is 62.7 Å². The molecule has 0 atom stereocenters. The van der Waals surface area contributed by atoms with Crippen molar-refractivity contribution in [2.75, 3.05) is 0 Å². The summed E-state index contributed by atoms with van der Waals surface area (Å²) in [5.74, 6) is 0. The van der Waals surface area contributed by atoms with Gasteiger partial charge in [0.2, 0.25) is 0 Å². The van der Waals surface area contributed by atoms with Gasteiger partial charge in [0, 0.05) is 8.95 Å². The molecule has 0 N–H and O–H groups in total. The standard InChI is InChI=1S/C16H15Br2Cl/c1-16(2,3)11-6-4-10(5-7-11)12-8-9-13(17)15(19)14(12)18/h4-9H,1-3H3. The smallest absolute Gasteiger partial charge is 0.0696 e. The van der Waals surface area contributed by atoms with Crippen molar-refractivity contribution in [3.63, 3.8) is 0 Å². The van der Waals surface area contributed by atoms with Gasteiger partial charge in [-0.05, 0) is 60.0 Å². The average molecular weight is 403 g/mol. The predicted octanol–water partition coefficient (Wildman–Crippen LogP) is 6.83. The van der Waals surface area contributed by atoms with E-state index < -0.39 is 0 Å². The Bertz CT molecular complexity index is 595. The van der Waals surface area contributed by atoms with Gasteiger partial charge < -0.3 is 0 Å². The lowest BCUT2D eigenvalue weighted by Crippen LogP contribution is -2.10. The Labute approximate surface area is 136 Å². The van der Waals surface area contributed by atoms with E-state index in [0.29, 0.717) is 5.02 Å². The first-order valence-electron chi connectivity index (χ1n) is 6.05. The SMILES string of the molecule is CC(C)(C)c1ccc(-c2ccc(Br)c(Cl)c2Br)cc1. The molecule has 0 aliphatic heterocycles. The number of hydrogen-bond acceptors (Lipinski definition) is 0. The largest absolute Gasteiger partial charge is 0.0818 e. The van der Waals surface area contributed by atoms with Crippen molar-refractivity contribution in [2.45, 2.75) is 26.2 Å². The third-order valence-corrected chi connectivity index (χ3v) is 5.43. The molecule has 0 aromatic heterocycles. The van der Waals surface area contributed by atoms with E-state index in [1.54, 1.807) is 0 Å². The molecule has 0 heterocycles. The normalized spacial score (nSPS) is 11.7. The van der Waals surface area contributed by atoms with Crippen molar-refractivity contribution < 1.29 is 0 Å². The van der Waals surface area contributed by atoms with Gasteiger partial charge in [-0.25, -0.2) is 0 Å². The molecule has 2 aromatic carbocycles. The van der Waals surface area contributed by atoms with Gasteiger partial charge >= 0.3 is 0 Å². The number of hydrogen-bond donors (Lipinski definition) is 0. The Balaban J connectivity index is 2.46. The van der Waals surface area contributed by atoms with Crippen LogP contribution in [0.4, 0.5) is 0 Å². The summed E-state index contributed by atoms with van der Waals surface area (Å²) in [4.78, 5) is 0. The maximum Gasteiger partial charge on any atom is 0.0696 e. The van der Waals surface area contributed by atoms with Crippen LogP contribution in [-0.4, -0.2) is 0 Å². The van der Waals surface area contributed by atoms with Crippen LogP contribution in [0.1, 0.15) is 26.3 Å². The molecule has 0 fully saturated rings. The van der Waals surface area contributed by atoms with Gasteiger partial charge in [0.25, 0.3) is 0 Å². The third-order valence-electron chi connectivity index (χ3n) is 3.10. The molecular weight excluding hydrogens is 387 g/mol. The van der Waals surface area contributed by atoms with E-state index >= 15 is 0 Å². The van der Waals surface area contributed by atoms with E-state index in [0.717, 1.165) is 20.1 Å². The quantitative estimate of drug-likeness (QED) is 0.459. The fourth-order valence-electron chi connectivity index (χ4n) is 1.90. The molecule has 19 heavy (non-hydrogen) atoms. The lowest BCUT2D eigenvalue weighted by atomic mass is 9.86. The zero-order chi connectivity index (χ0) is 14.2. The van der Waals surface area contributed by atoms with Crippen LogP contribution in [0.5, 0.6) is 0 Å². The van der Waals surface area contributed by atoms with Crippen molar-refractivity contribution in [2.24, 2.45) is 0 Å². The molecular formula is C16H15Br2Cl. The molecule has 0 saturated heterocycles. The zero-order valence-electron chi connectivity index (χ0n) is 11.1. The lowest BCUT2D eigenvalue weighted by molar-refractivity contribution is 0.590. The molecule has 100 valence electrons. The third kappa shape index (κ3) is 3.24. The first-order valence-corrected chi connectivity index (χ1v) is 8.01. The Kier molecular flexibility index (Phi) is 4.44. The van der Waals surface area contributed by atoms with Crippen molar-refractivity contribution >= 4 is 43.5 Å². The molecule has 0 unspecified atom stereocenters. The summed E-state index contributed by atoms with van der Waals surface area (Å²) in [7, 11) is 0. The summed E-state index contributed by atoms with van der Waals surface area (Å²) in [6.45, 7) is 6.65. The van der Waals surface area contributed by atoms with Gasteiger partial charge in [0.05, 0.1) is 5.02 Å². The van der Waals surface area contributed by atoms with Crippen molar-refractivity contribution in [1.29, 1.82) is 0 Å². The van der Waals surface area contributed by atoms with Crippen LogP contribution in [-0.2, 0) is 5.41 Å². The van der Waals surface area contributed by atoms with Crippen molar-refractivity contribution in [3.05, 3.63) is 55.9 Å². The topological polar surface area (TPSA) is 0 Å². The van der Waals surface area contributed by atoms with E-state index in [1.165, 1.54) is 5.56 Å². The van der Waals surface area contributed by atoms with Crippen LogP contribution in [0.15, 0.2) is 45.3 Å². The van der Waals surface area contributed by atoms with Gasteiger partial charge in [0.15, 0.2) is 0 Å². The Hall–Kier alpha value is -0.310. The highest BCUT2D eigenvalue weighted by atomic mass is 79.9. The second kappa shape index (κ2) is 5.59. The van der Waals surface area contributed by atoms with Crippen LogP contribution in [0.2, 0.25) is 5.02 Å². The first kappa shape index (κ1) is 15.1. The van der Waals surface area contributed by atoms with Crippen LogP contribution in [0, 0.1) is 0 Å². The second-order valence-electron chi connectivity index (χ2n) is 5.55. The van der Waals surface area contributed by atoms with Gasteiger partial charge in [-0.2, -0.15) is 0 Å².